The first-order chi connectivity index (χ1) is 10.3. The van der Waals surface area contributed by atoms with Crippen LogP contribution in [0.3, 0.4) is 0 Å². The molecule has 0 aliphatic heterocycles. The summed E-state index contributed by atoms with van der Waals surface area (Å²) in [6, 6.07) is 28.1. The number of benzene rings is 3. The third kappa shape index (κ3) is 2.90. The van der Waals surface area contributed by atoms with Gasteiger partial charge >= 0.3 is 0 Å². The Morgan fingerprint density at radius 3 is 2.00 bits per heavy atom. The molecule has 0 heteroatoms. The zero-order chi connectivity index (χ0) is 14.7. The minimum Gasteiger partial charge on any atom is -0.0622 e. The van der Waals surface area contributed by atoms with Crippen molar-refractivity contribution in [2.75, 3.05) is 0 Å². The van der Waals surface area contributed by atoms with E-state index in [1.807, 2.05) is 0 Å². The Morgan fingerprint density at radius 1 is 0.714 bits per heavy atom. The molecule has 0 nitrogen and oxygen atoms in total. The first-order valence-corrected chi connectivity index (χ1v) is 7.46. The average molecular weight is 272 g/mol. The molecule has 0 N–H and O–H groups in total. The second-order valence-corrected chi connectivity index (χ2v) is 5.59. The molecule has 0 fully saturated rings. The lowest BCUT2D eigenvalue weighted by atomic mass is 9.86. The summed E-state index contributed by atoms with van der Waals surface area (Å²) < 4.78 is 0. The maximum atomic E-state index is 2.32. The largest absolute Gasteiger partial charge is 0.0622 e. The van der Waals surface area contributed by atoms with Crippen molar-refractivity contribution in [2.24, 2.45) is 0 Å². The monoisotopic (exact) mass is 272 g/mol. The molecular formula is C21H20. The molecule has 0 aliphatic rings. The molecule has 1 atom stereocenters. The number of hydrogen-bond acceptors (Lipinski definition) is 0. The maximum Gasteiger partial charge on any atom is 0.00672 e. The van der Waals surface area contributed by atoms with Crippen LogP contribution in [0.5, 0.6) is 0 Å². The molecule has 0 heterocycles. The standard InChI is InChI=1S/C21H20/c1-16-13-14-20(19-11-7-4-8-12-19)21(15-16)17(2)18-9-5-3-6-10-18/h3-15,17H,1-2H3. The number of rotatable bonds is 3. The lowest BCUT2D eigenvalue weighted by molar-refractivity contribution is 0.922. The molecule has 104 valence electrons. The quantitative estimate of drug-likeness (QED) is 0.564. The van der Waals surface area contributed by atoms with Gasteiger partial charge in [-0.1, -0.05) is 91.3 Å². The zero-order valence-corrected chi connectivity index (χ0v) is 12.6. The van der Waals surface area contributed by atoms with E-state index >= 15 is 0 Å². The van der Waals surface area contributed by atoms with E-state index in [-0.39, 0.29) is 0 Å². The van der Waals surface area contributed by atoms with Crippen molar-refractivity contribution in [3.05, 3.63) is 95.6 Å². The predicted octanol–water partition coefficient (Wildman–Crippen LogP) is 5.81. The Bertz CT molecular complexity index is 712. The van der Waals surface area contributed by atoms with Gasteiger partial charge in [0.05, 0.1) is 0 Å². The van der Waals surface area contributed by atoms with Crippen LogP contribution < -0.4 is 0 Å². The van der Waals surface area contributed by atoms with Gasteiger partial charge in [-0.2, -0.15) is 0 Å². The molecule has 0 radical (unpaired) electrons. The number of aryl methyl sites for hydroxylation is 1. The fraction of sp³-hybridized carbons (Fsp3) is 0.143. The van der Waals surface area contributed by atoms with Gasteiger partial charge in [0.25, 0.3) is 0 Å². The molecular weight excluding hydrogens is 252 g/mol. The molecule has 0 bridgehead atoms. The highest BCUT2D eigenvalue weighted by Crippen LogP contribution is 2.33. The maximum absolute atomic E-state index is 2.32. The normalized spacial score (nSPS) is 12.1. The molecule has 1 unspecified atom stereocenters. The Kier molecular flexibility index (Phi) is 3.87. The van der Waals surface area contributed by atoms with Gasteiger partial charge in [0.1, 0.15) is 0 Å². The summed E-state index contributed by atoms with van der Waals surface area (Å²) >= 11 is 0. The zero-order valence-electron chi connectivity index (χ0n) is 12.6. The molecule has 0 spiro atoms. The van der Waals surface area contributed by atoms with Crippen LogP contribution in [0.25, 0.3) is 11.1 Å². The molecule has 3 rings (SSSR count). The third-order valence-corrected chi connectivity index (χ3v) is 4.06. The lowest BCUT2D eigenvalue weighted by Crippen LogP contribution is -1.99. The molecule has 0 aromatic heterocycles. The third-order valence-electron chi connectivity index (χ3n) is 4.06. The van der Waals surface area contributed by atoms with Crippen LogP contribution in [0.4, 0.5) is 0 Å². The molecule has 0 aliphatic carbocycles. The van der Waals surface area contributed by atoms with Crippen LogP contribution in [0.15, 0.2) is 78.9 Å². The van der Waals surface area contributed by atoms with Gasteiger partial charge in [-0.15, -0.1) is 0 Å². The summed E-state index contributed by atoms with van der Waals surface area (Å²) in [5.41, 5.74) is 6.69. The minimum absolute atomic E-state index is 0.390. The second kappa shape index (κ2) is 5.97. The Morgan fingerprint density at radius 2 is 1.33 bits per heavy atom. The summed E-state index contributed by atoms with van der Waals surface area (Å²) in [5.74, 6) is 0.390. The predicted molar refractivity (Wildman–Crippen MR) is 90.6 cm³/mol. The smallest absolute Gasteiger partial charge is 0.00672 e. The van der Waals surface area contributed by atoms with Crippen LogP contribution in [0.2, 0.25) is 0 Å². The van der Waals surface area contributed by atoms with Crippen molar-refractivity contribution < 1.29 is 0 Å². The highest BCUT2D eigenvalue weighted by atomic mass is 14.2. The van der Waals surface area contributed by atoms with Crippen molar-refractivity contribution in [1.82, 2.24) is 0 Å². The molecule has 21 heavy (non-hydrogen) atoms. The van der Waals surface area contributed by atoms with Crippen molar-refractivity contribution in [2.45, 2.75) is 19.8 Å². The van der Waals surface area contributed by atoms with Gasteiger partial charge in [-0.05, 0) is 29.2 Å². The van der Waals surface area contributed by atoms with Gasteiger partial charge in [0, 0.05) is 5.92 Å². The fourth-order valence-corrected chi connectivity index (χ4v) is 2.84. The lowest BCUT2D eigenvalue weighted by Gasteiger charge is -2.18. The summed E-state index contributed by atoms with van der Waals surface area (Å²) in [6.07, 6.45) is 0. The topological polar surface area (TPSA) is 0 Å². The van der Waals surface area contributed by atoms with Crippen LogP contribution in [-0.2, 0) is 0 Å². The number of hydrogen-bond donors (Lipinski definition) is 0. The summed E-state index contributed by atoms with van der Waals surface area (Å²) in [5, 5.41) is 0. The Labute approximate surface area is 127 Å². The highest BCUT2D eigenvalue weighted by Gasteiger charge is 2.13. The molecule has 0 saturated carbocycles. The first-order valence-electron chi connectivity index (χ1n) is 7.46. The van der Waals surface area contributed by atoms with E-state index in [4.69, 9.17) is 0 Å². The first kappa shape index (κ1) is 13.6. The minimum atomic E-state index is 0.390. The fourth-order valence-electron chi connectivity index (χ4n) is 2.84. The molecule has 3 aromatic rings. The van der Waals surface area contributed by atoms with Crippen LogP contribution in [0.1, 0.15) is 29.5 Å². The highest BCUT2D eigenvalue weighted by molar-refractivity contribution is 5.69. The summed E-state index contributed by atoms with van der Waals surface area (Å²) in [4.78, 5) is 0. The van der Waals surface area contributed by atoms with E-state index in [9.17, 15) is 0 Å². The second-order valence-electron chi connectivity index (χ2n) is 5.59. The molecule has 3 aromatic carbocycles. The average Bonchev–Trinajstić information content (AvgIpc) is 2.56. The summed E-state index contributed by atoms with van der Waals surface area (Å²) in [7, 11) is 0. The van der Waals surface area contributed by atoms with Gasteiger partial charge < -0.3 is 0 Å². The van der Waals surface area contributed by atoms with Crippen molar-refractivity contribution in [3.63, 3.8) is 0 Å². The van der Waals surface area contributed by atoms with E-state index < -0.39 is 0 Å². The van der Waals surface area contributed by atoms with E-state index in [1.165, 1.54) is 27.8 Å². The van der Waals surface area contributed by atoms with E-state index in [2.05, 4.69) is 92.7 Å². The Hall–Kier alpha value is -2.34. The van der Waals surface area contributed by atoms with Gasteiger partial charge in [0.2, 0.25) is 0 Å². The molecule has 0 saturated heterocycles. The van der Waals surface area contributed by atoms with Gasteiger partial charge in [-0.3, -0.25) is 0 Å². The van der Waals surface area contributed by atoms with E-state index in [0.717, 1.165) is 0 Å². The van der Waals surface area contributed by atoms with Crippen molar-refractivity contribution in [1.29, 1.82) is 0 Å². The van der Waals surface area contributed by atoms with E-state index in [0.29, 0.717) is 5.92 Å². The Balaban J connectivity index is 2.11. The van der Waals surface area contributed by atoms with Crippen molar-refractivity contribution in [3.8, 4) is 11.1 Å². The van der Waals surface area contributed by atoms with E-state index in [1.54, 1.807) is 0 Å². The van der Waals surface area contributed by atoms with Gasteiger partial charge in [0.15, 0.2) is 0 Å². The van der Waals surface area contributed by atoms with Crippen LogP contribution in [-0.4, -0.2) is 0 Å². The molecule has 0 amide bonds. The summed E-state index contributed by atoms with van der Waals surface area (Å²) in [6.45, 7) is 4.45. The van der Waals surface area contributed by atoms with Crippen LogP contribution in [0, 0.1) is 6.92 Å². The SMILES string of the molecule is Cc1ccc(-c2ccccc2)c(C(C)c2ccccc2)c1. The van der Waals surface area contributed by atoms with Crippen LogP contribution >= 0.6 is 0 Å². The van der Waals surface area contributed by atoms with Gasteiger partial charge in [-0.25, -0.2) is 0 Å². The van der Waals surface area contributed by atoms with Crippen molar-refractivity contribution >= 4 is 0 Å².